The van der Waals surface area contributed by atoms with Gasteiger partial charge in [0.15, 0.2) is 5.82 Å². The number of hydrogen-bond donors (Lipinski definition) is 2. The summed E-state index contributed by atoms with van der Waals surface area (Å²) >= 11 is 0. The average Bonchev–Trinajstić information content (AvgIpc) is 3.35. The molecule has 0 radical (unpaired) electrons. The fourth-order valence-electron chi connectivity index (χ4n) is 2.87. The number of aryl methyl sites for hydroxylation is 1. The molecule has 0 atom stereocenters. The van der Waals surface area contributed by atoms with E-state index in [9.17, 15) is 4.79 Å². The monoisotopic (exact) mass is 332 g/mol. The van der Waals surface area contributed by atoms with Crippen LogP contribution in [0.3, 0.4) is 0 Å². The van der Waals surface area contributed by atoms with E-state index in [-0.39, 0.29) is 5.91 Å². The fourth-order valence-corrected chi connectivity index (χ4v) is 2.87. The lowest BCUT2D eigenvalue weighted by molar-refractivity contribution is -0.115. The van der Waals surface area contributed by atoms with Crippen LogP contribution in [0.4, 0.5) is 5.82 Å². The predicted octanol–water partition coefficient (Wildman–Crippen LogP) is 3.84. The quantitative estimate of drug-likeness (QED) is 0.746. The lowest BCUT2D eigenvalue weighted by Gasteiger charge is -2.05. The summed E-state index contributed by atoms with van der Waals surface area (Å²) in [6.07, 6.45) is 2.74. The summed E-state index contributed by atoms with van der Waals surface area (Å²) < 4.78 is 0. The minimum atomic E-state index is -0.0599. The Bertz CT molecular complexity index is 894. The van der Waals surface area contributed by atoms with Crippen LogP contribution in [0.1, 0.15) is 35.7 Å². The molecule has 5 heteroatoms. The molecule has 1 fully saturated rings. The highest BCUT2D eigenvalue weighted by molar-refractivity contribution is 5.91. The van der Waals surface area contributed by atoms with Crippen LogP contribution in [0.15, 0.2) is 48.5 Å². The van der Waals surface area contributed by atoms with Gasteiger partial charge in [-0.1, -0.05) is 30.3 Å². The molecule has 2 N–H and O–H groups in total. The number of pyridine rings is 1. The first-order valence-corrected chi connectivity index (χ1v) is 8.55. The van der Waals surface area contributed by atoms with Gasteiger partial charge < -0.3 is 5.32 Å². The van der Waals surface area contributed by atoms with Gasteiger partial charge in [-0.15, -0.1) is 0 Å². The predicted molar refractivity (Wildman–Crippen MR) is 97.3 cm³/mol. The zero-order chi connectivity index (χ0) is 17.2. The van der Waals surface area contributed by atoms with Crippen molar-refractivity contribution in [2.45, 2.75) is 32.1 Å². The summed E-state index contributed by atoms with van der Waals surface area (Å²) in [6.45, 7) is 1.98. The fraction of sp³-hybridized carbons (Fsp3) is 0.250. The lowest BCUT2D eigenvalue weighted by Crippen LogP contribution is -2.14. The molecule has 0 unspecified atom stereocenters. The number of hydrogen-bond acceptors (Lipinski definition) is 3. The number of nitrogens with zero attached hydrogens (tertiary/aromatic N) is 2. The van der Waals surface area contributed by atoms with E-state index in [2.05, 4.69) is 20.5 Å². The normalized spacial score (nSPS) is 13.6. The molecule has 5 nitrogen and oxygen atoms in total. The topological polar surface area (TPSA) is 70.7 Å². The molecule has 2 aromatic heterocycles. The van der Waals surface area contributed by atoms with Gasteiger partial charge in [-0.25, -0.2) is 0 Å². The first-order valence-electron chi connectivity index (χ1n) is 8.55. The van der Waals surface area contributed by atoms with E-state index in [0.717, 1.165) is 28.2 Å². The van der Waals surface area contributed by atoms with Gasteiger partial charge in [-0.05, 0) is 37.5 Å². The first kappa shape index (κ1) is 15.6. The average molecular weight is 332 g/mol. The second-order valence-corrected chi connectivity index (χ2v) is 6.57. The largest absolute Gasteiger partial charge is 0.309 e. The highest BCUT2D eigenvalue weighted by atomic mass is 16.1. The summed E-state index contributed by atoms with van der Waals surface area (Å²) in [7, 11) is 0. The van der Waals surface area contributed by atoms with Crippen molar-refractivity contribution < 1.29 is 4.79 Å². The second-order valence-electron chi connectivity index (χ2n) is 6.57. The van der Waals surface area contributed by atoms with Crippen molar-refractivity contribution in [3.05, 3.63) is 65.5 Å². The van der Waals surface area contributed by atoms with E-state index in [0.29, 0.717) is 18.2 Å². The van der Waals surface area contributed by atoms with Crippen LogP contribution >= 0.6 is 0 Å². The van der Waals surface area contributed by atoms with E-state index >= 15 is 0 Å². The van der Waals surface area contributed by atoms with Crippen molar-refractivity contribution in [1.82, 2.24) is 15.2 Å². The Kier molecular flexibility index (Phi) is 4.06. The van der Waals surface area contributed by atoms with Gasteiger partial charge in [-0.2, -0.15) is 5.10 Å². The molecule has 4 rings (SSSR count). The zero-order valence-corrected chi connectivity index (χ0v) is 14.1. The van der Waals surface area contributed by atoms with E-state index in [4.69, 9.17) is 0 Å². The first-order chi connectivity index (χ1) is 12.2. The minimum absolute atomic E-state index is 0.0599. The van der Waals surface area contributed by atoms with Gasteiger partial charge in [0.05, 0.1) is 12.1 Å². The Morgan fingerprint density at radius 3 is 2.72 bits per heavy atom. The number of carbonyl (C=O) groups is 1. The molecule has 3 aromatic rings. The maximum atomic E-state index is 12.2. The zero-order valence-electron chi connectivity index (χ0n) is 14.1. The highest BCUT2D eigenvalue weighted by Gasteiger charge is 2.25. The number of aromatic nitrogens is 3. The van der Waals surface area contributed by atoms with Crippen LogP contribution in [0, 0.1) is 6.92 Å². The second kappa shape index (κ2) is 6.51. The van der Waals surface area contributed by atoms with Crippen molar-refractivity contribution in [3.63, 3.8) is 0 Å². The molecular formula is C20H20N4O. The molecule has 2 heterocycles. The molecule has 126 valence electrons. The van der Waals surface area contributed by atoms with Gasteiger partial charge in [0.1, 0.15) is 0 Å². The third-order valence-corrected chi connectivity index (χ3v) is 4.39. The number of amides is 1. The summed E-state index contributed by atoms with van der Waals surface area (Å²) in [6, 6.07) is 15.9. The van der Waals surface area contributed by atoms with Gasteiger partial charge in [0.25, 0.3) is 0 Å². The van der Waals surface area contributed by atoms with Crippen LogP contribution in [0.5, 0.6) is 0 Å². The smallest absolute Gasteiger partial charge is 0.229 e. The Labute approximate surface area is 146 Å². The van der Waals surface area contributed by atoms with Crippen LogP contribution in [-0.2, 0) is 11.2 Å². The molecule has 0 aliphatic heterocycles. The van der Waals surface area contributed by atoms with E-state index in [1.54, 1.807) is 0 Å². The molecule has 0 spiro atoms. The van der Waals surface area contributed by atoms with Crippen molar-refractivity contribution in [1.29, 1.82) is 0 Å². The lowest BCUT2D eigenvalue weighted by atomic mass is 10.1. The third kappa shape index (κ3) is 3.76. The summed E-state index contributed by atoms with van der Waals surface area (Å²) in [4.78, 5) is 16.7. The Balaban J connectivity index is 1.39. The SMILES string of the molecule is Cc1cccc(-c2ccc(CC(=O)Nc3cc(C4CC4)[nH]n3)cc2)n1. The maximum absolute atomic E-state index is 12.2. The summed E-state index contributed by atoms with van der Waals surface area (Å²) in [5.41, 5.74) is 5.07. The van der Waals surface area contributed by atoms with Gasteiger partial charge in [0.2, 0.25) is 5.91 Å². The number of rotatable bonds is 5. The molecule has 1 saturated carbocycles. The maximum Gasteiger partial charge on any atom is 0.229 e. The standard InChI is InChI=1S/C20H20N4O/c1-13-3-2-4-17(21-13)15-7-5-14(6-8-15)11-20(25)22-19-12-18(23-24-19)16-9-10-16/h2-8,12,16H,9-11H2,1H3,(H2,22,23,24,25). The Morgan fingerprint density at radius 2 is 2.00 bits per heavy atom. The Morgan fingerprint density at radius 1 is 1.20 bits per heavy atom. The number of benzene rings is 1. The number of carbonyl (C=O) groups excluding carboxylic acids is 1. The minimum Gasteiger partial charge on any atom is -0.309 e. The molecule has 1 amide bonds. The highest BCUT2D eigenvalue weighted by Crippen LogP contribution is 2.39. The molecule has 1 aliphatic carbocycles. The van der Waals surface area contributed by atoms with Crippen LogP contribution in [-0.4, -0.2) is 21.1 Å². The van der Waals surface area contributed by atoms with Crippen LogP contribution in [0.25, 0.3) is 11.3 Å². The van der Waals surface area contributed by atoms with Crippen molar-refractivity contribution in [2.75, 3.05) is 5.32 Å². The number of aromatic amines is 1. The number of anilines is 1. The summed E-state index contributed by atoms with van der Waals surface area (Å²) in [5.74, 6) is 1.14. The molecule has 25 heavy (non-hydrogen) atoms. The number of nitrogens with one attached hydrogen (secondary N) is 2. The molecule has 1 aromatic carbocycles. The van der Waals surface area contributed by atoms with E-state index in [1.165, 1.54) is 12.8 Å². The molecular weight excluding hydrogens is 312 g/mol. The molecule has 0 saturated heterocycles. The number of H-pyrrole nitrogens is 1. The molecule has 1 aliphatic rings. The van der Waals surface area contributed by atoms with Crippen molar-refractivity contribution in [3.8, 4) is 11.3 Å². The van der Waals surface area contributed by atoms with Gasteiger partial charge >= 0.3 is 0 Å². The van der Waals surface area contributed by atoms with Crippen LogP contribution in [0.2, 0.25) is 0 Å². The van der Waals surface area contributed by atoms with Crippen molar-refractivity contribution in [2.24, 2.45) is 0 Å². The third-order valence-electron chi connectivity index (χ3n) is 4.39. The van der Waals surface area contributed by atoms with Crippen molar-refractivity contribution >= 4 is 11.7 Å². The molecule has 0 bridgehead atoms. The Hall–Kier alpha value is -2.95. The van der Waals surface area contributed by atoms with Crippen LogP contribution < -0.4 is 5.32 Å². The van der Waals surface area contributed by atoms with Gasteiger partial charge in [0, 0.05) is 28.9 Å². The van der Waals surface area contributed by atoms with E-state index < -0.39 is 0 Å². The van der Waals surface area contributed by atoms with Gasteiger partial charge in [-0.3, -0.25) is 14.9 Å². The van der Waals surface area contributed by atoms with E-state index in [1.807, 2.05) is 55.5 Å². The summed E-state index contributed by atoms with van der Waals surface area (Å²) in [5, 5.41) is 10.0.